The summed E-state index contributed by atoms with van der Waals surface area (Å²) in [6, 6.07) is 13.6. The summed E-state index contributed by atoms with van der Waals surface area (Å²) in [5.74, 6) is 0.129. The van der Waals surface area contributed by atoms with Gasteiger partial charge in [0, 0.05) is 10.7 Å². The van der Waals surface area contributed by atoms with Crippen LogP contribution in [0.5, 0.6) is 0 Å². The number of rotatable bonds is 4. The van der Waals surface area contributed by atoms with Crippen molar-refractivity contribution in [2.24, 2.45) is 5.92 Å². The third-order valence-corrected chi connectivity index (χ3v) is 3.73. The van der Waals surface area contributed by atoms with Crippen molar-refractivity contribution in [2.45, 2.75) is 19.9 Å². The second-order valence-corrected chi connectivity index (χ2v) is 5.79. The van der Waals surface area contributed by atoms with Gasteiger partial charge in [-0.15, -0.1) is 0 Å². The fourth-order valence-electron chi connectivity index (χ4n) is 2.06. The van der Waals surface area contributed by atoms with E-state index in [0.717, 1.165) is 5.56 Å². The third-order valence-electron chi connectivity index (χ3n) is 3.09. The quantitative estimate of drug-likeness (QED) is 0.920. The highest BCUT2D eigenvalue weighted by molar-refractivity contribution is 9.10. The Bertz CT molecular complexity index is 584. The number of nitrogens with zero attached hydrogens (tertiary/aromatic N) is 1. The van der Waals surface area contributed by atoms with Crippen molar-refractivity contribution in [1.82, 2.24) is 10.3 Å². The van der Waals surface area contributed by atoms with Gasteiger partial charge in [0.25, 0.3) is 5.91 Å². The van der Waals surface area contributed by atoms with E-state index in [1.807, 2.05) is 36.4 Å². The first-order chi connectivity index (χ1) is 9.59. The minimum Gasteiger partial charge on any atom is -0.344 e. The van der Waals surface area contributed by atoms with Crippen LogP contribution in [0.3, 0.4) is 0 Å². The van der Waals surface area contributed by atoms with Crippen LogP contribution in [0, 0.1) is 5.92 Å². The van der Waals surface area contributed by atoms with Gasteiger partial charge in [-0.1, -0.05) is 44.2 Å². The van der Waals surface area contributed by atoms with Gasteiger partial charge in [-0.2, -0.15) is 0 Å². The molecule has 1 heterocycles. The molecule has 0 saturated carbocycles. The Labute approximate surface area is 127 Å². The van der Waals surface area contributed by atoms with Crippen LogP contribution in [0.1, 0.15) is 35.9 Å². The monoisotopic (exact) mass is 332 g/mol. The maximum Gasteiger partial charge on any atom is 0.271 e. The number of amides is 1. The van der Waals surface area contributed by atoms with Crippen molar-refractivity contribution in [1.29, 1.82) is 0 Å². The summed E-state index contributed by atoms with van der Waals surface area (Å²) < 4.78 is 0.702. The zero-order valence-electron chi connectivity index (χ0n) is 11.5. The number of hydrogen-bond donors (Lipinski definition) is 1. The highest BCUT2D eigenvalue weighted by Gasteiger charge is 2.20. The Morgan fingerprint density at radius 3 is 2.45 bits per heavy atom. The predicted octanol–water partition coefficient (Wildman–Crippen LogP) is 3.97. The van der Waals surface area contributed by atoms with E-state index < -0.39 is 0 Å². The van der Waals surface area contributed by atoms with Crippen LogP contribution in [-0.4, -0.2) is 10.9 Å². The second kappa shape index (κ2) is 6.66. The molecule has 104 valence electrons. The van der Waals surface area contributed by atoms with E-state index in [9.17, 15) is 4.79 Å². The molecule has 0 fully saturated rings. The minimum atomic E-state index is -0.167. The number of hydrogen-bond acceptors (Lipinski definition) is 2. The molecule has 0 aliphatic carbocycles. The van der Waals surface area contributed by atoms with Crippen LogP contribution >= 0.6 is 15.9 Å². The SMILES string of the molecule is CC(C)C(NC(=O)c1ncccc1Br)c1ccccc1. The first-order valence-corrected chi connectivity index (χ1v) is 7.35. The average Bonchev–Trinajstić information content (AvgIpc) is 2.45. The minimum absolute atomic E-state index is 0.0300. The number of carbonyl (C=O) groups is 1. The van der Waals surface area contributed by atoms with Gasteiger partial charge in [0.2, 0.25) is 0 Å². The highest BCUT2D eigenvalue weighted by atomic mass is 79.9. The van der Waals surface area contributed by atoms with Crippen molar-refractivity contribution >= 4 is 21.8 Å². The van der Waals surface area contributed by atoms with Crippen molar-refractivity contribution < 1.29 is 4.79 Å². The van der Waals surface area contributed by atoms with E-state index in [0.29, 0.717) is 16.1 Å². The molecular formula is C16H17BrN2O. The topological polar surface area (TPSA) is 42.0 Å². The van der Waals surface area contributed by atoms with Crippen molar-refractivity contribution in [3.8, 4) is 0 Å². The number of halogens is 1. The van der Waals surface area contributed by atoms with Crippen molar-refractivity contribution in [3.63, 3.8) is 0 Å². The molecule has 1 unspecified atom stereocenters. The lowest BCUT2D eigenvalue weighted by Crippen LogP contribution is -2.32. The molecule has 1 N–H and O–H groups in total. The first kappa shape index (κ1) is 14.7. The molecule has 0 saturated heterocycles. The lowest BCUT2D eigenvalue weighted by molar-refractivity contribution is 0.0919. The lowest BCUT2D eigenvalue weighted by Gasteiger charge is -2.23. The molecule has 1 atom stereocenters. The van der Waals surface area contributed by atoms with E-state index in [-0.39, 0.29) is 11.9 Å². The van der Waals surface area contributed by atoms with Gasteiger partial charge in [-0.3, -0.25) is 4.79 Å². The molecule has 3 nitrogen and oxygen atoms in total. The molecule has 4 heteroatoms. The maximum absolute atomic E-state index is 12.4. The summed E-state index contributed by atoms with van der Waals surface area (Å²) in [5, 5.41) is 3.06. The Morgan fingerprint density at radius 2 is 1.85 bits per heavy atom. The van der Waals surface area contributed by atoms with E-state index in [4.69, 9.17) is 0 Å². The molecule has 0 aliphatic heterocycles. The van der Waals surface area contributed by atoms with Crippen LogP contribution in [0.25, 0.3) is 0 Å². The molecule has 0 bridgehead atoms. The summed E-state index contributed by atoms with van der Waals surface area (Å²) >= 11 is 3.36. The first-order valence-electron chi connectivity index (χ1n) is 6.56. The molecule has 1 aromatic heterocycles. The summed E-state index contributed by atoms with van der Waals surface area (Å²) in [7, 11) is 0. The molecule has 0 aliphatic rings. The Balaban J connectivity index is 2.22. The lowest BCUT2D eigenvalue weighted by atomic mass is 9.96. The van der Waals surface area contributed by atoms with E-state index in [1.54, 1.807) is 12.3 Å². The smallest absolute Gasteiger partial charge is 0.271 e. The average molecular weight is 333 g/mol. The predicted molar refractivity (Wildman–Crippen MR) is 83.4 cm³/mol. The molecule has 1 aromatic carbocycles. The zero-order chi connectivity index (χ0) is 14.5. The highest BCUT2D eigenvalue weighted by Crippen LogP contribution is 2.22. The Hall–Kier alpha value is -1.68. The van der Waals surface area contributed by atoms with E-state index >= 15 is 0 Å². The summed E-state index contributed by atoms with van der Waals surface area (Å²) in [6.45, 7) is 4.18. The van der Waals surface area contributed by atoms with Crippen LogP contribution in [0.15, 0.2) is 53.1 Å². The van der Waals surface area contributed by atoms with Gasteiger partial charge < -0.3 is 5.32 Å². The molecule has 20 heavy (non-hydrogen) atoms. The molecule has 2 rings (SSSR count). The third kappa shape index (κ3) is 3.45. The van der Waals surface area contributed by atoms with Gasteiger partial charge in [-0.25, -0.2) is 4.98 Å². The van der Waals surface area contributed by atoms with E-state index in [1.165, 1.54) is 0 Å². The largest absolute Gasteiger partial charge is 0.344 e. The van der Waals surface area contributed by atoms with Crippen LogP contribution in [0.2, 0.25) is 0 Å². The summed E-state index contributed by atoms with van der Waals surface area (Å²) in [6.07, 6.45) is 1.62. The molecule has 0 spiro atoms. The number of pyridine rings is 1. The Morgan fingerprint density at radius 1 is 1.15 bits per heavy atom. The Kier molecular flexibility index (Phi) is 4.90. The molecule has 0 radical (unpaired) electrons. The van der Waals surface area contributed by atoms with Crippen LogP contribution < -0.4 is 5.32 Å². The number of carbonyl (C=O) groups excluding carboxylic acids is 1. The van der Waals surface area contributed by atoms with Gasteiger partial charge in [0.15, 0.2) is 0 Å². The zero-order valence-corrected chi connectivity index (χ0v) is 13.1. The van der Waals surface area contributed by atoms with Gasteiger partial charge in [-0.05, 0) is 39.5 Å². The van der Waals surface area contributed by atoms with Crippen molar-refractivity contribution in [2.75, 3.05) is 0 Å². The standard InChI is InChI=1S/C16H17BrN2O/c1-11(2)14(12-7-4-3-5-8-12)19-16(20)15-13(17)9-6-10-18-15/h3-11,14H,1-2H3,(H,19,20). The van der Waals surface area contributed by atoms with Gasteiger partial charge in [0.05, 0.1) is 6.04 Å². The second-order valence-electron chi connectivity index (χ2n) is 4.94. The van der Waals surface area contributed by atoms with E-state index in [2.05, 4.69) is 40.1 Å². The maximum atomic E-state index is 12.4. The normalized spacial score (nSPS) is 12.2. The molecule has 1 amide bonds. The van der Waals surface area contributed by atoms with Crippen LogP contribution in [-0.2, 0) is 0 Å². The van der Waals surface area contributed by atoms with Gasteiger partial charge >= 0.3 is 0 Å². The summed E-state index contributed by atoms with van der Waals surface area (Å²) in [4.78, 5) is 16.5. The van der Waals surface area contributed by atoms with Crippen molar-refractivity contribution in [3.05, 3.63) is 64.4 Å². The summed E-state index contributed by atoms with van der Waals surface area (Å²) in [5.41, 5.74) is 1.51. The number of aromatic nitrogens is 1. The number of benzene rings is 1. The fraction of sp³-hybridized carbons (Fsp3) is 0.250. The van der Waals surface area contributed by atoms with Crippen LogP contribution in [0.4, 0.5) is 0 Å². The van der Waals surface area contributed by atoms with Gasteiger partial charge in [0.1, 0.15) is 5.69 Å². The fourth-order valence-corrected chi connectivity index (χ4v) is 2.49. The molecular weight excluding hydrogens is 316 g/mol. The molecule has 2 aromatic rings. The number of nitrogens with one attached hydrogen (secondary N) is 1.